The highest BCUT2D eigenvalue weighted by atomic mass is 79.9. The number of aliphatic imine (C=N–C) groups is 1. The number of rotatable bonds is 7. The van der Waals surface area contributed by atoms with Crippen molar-refractivity contribution < 1.29 is 0 Å². The third-order valence-electron chi connectivity index (χ3n) is 2.52. The van der Waals surface area contributed by atoms with Gasteiger partial charge >= 0.3 is 0 Å². The number of para-hydroxylation sites is 1. The summed E-state index contributed by atoms with van der Waals surface area (Å²) in [5.41, 5.74) is 1.02. The van der Waals surface area contributed by atoms with Crippen molar-refractivity contribution in [3.8, 4) is 0 Å². The summed E-state index contributed by atoms with van der Waals surface area (Å²) in [6.45, 7) is 2.24. The molecular formula is C14H20BrN. The summed E-state index contributed by atoms with van der Waals surface area (Å²) in [4.78, 5) is 4.45. The summed E-state index contributed by atoms with van der Waals surface area (Å²) in [7, 11) is 0. The van der Waals surface area contributed by atoms with E-state index in [2.05, 4.69) is 27.8 Å². The van der Waals surface area contributed by atoms with Gasteiger partial charge in [0.2, 0.25) is 0 Å². The minimum Gasteiger partial charge on any atom is -0.260 e. The lowest BCUT2D eigenvalue weighted by atomic mass is 10.1. The fraction of sp³-hybridized carbons (Fsp3) is 0.500. The molecule has 1 aromatic rings. The van der Waals surface area contributed by atoms with E-state index in [0.29, 0.717) is 0 Å². The molecule has 0 radical (unpaired) electrons. The zero-order valence-electron chi connectivity index (χ0n) is 9.95. The lowest BCUT2D eigenvalue weighted by Gasteiger charge is -1.97. The Hall–Kier alpha value is -0.630. The molecular weight excluding hydrogens is 262 g/mol. The van der Waals surface area contributed by atoms with E-state index in [0.717, 1.165) is 16.6 Å². The third-order valence-corrected chi connectivity index (χ3v) is 3.19. The van der Waals surface area contributed by atoms with E-state index in [9.17, 15) is 0 Å². The monoisotopic (exact) mass is 281 g/mol. The molecule has 0 saturated heterocycles. The molecule has 0 aliphatic rings. The summed E-state index contributed by atoms with van der Waals surface area (Å²) < 4.78 is 1.07. The maximum atomic E-state index is 4.45. The average molecular weight is 282 g/mol. The molecule has 0 amide bonds. The van der Waals surface area contributed by atoms with Gasteiger partial charge in [-0.3, -0.25) is 4.99 Å². The largest absolute Gasteiger partial charge is 0.260 e. The van der Waals surface area contributed by atoms with E-state index in [1.165, 1.54) is 32.1 Å². The molecule has 0 bridgehead atoms. The highest BCUT2D eigenvalue weighted by molar-refractivity contribution is 9.10. The van der Waals surface area contributed by atoms with Crippen molar-refractivity contribution in [1.29, 1.82) is 0 Å². The Morgan fingerprint density at radius 3 is 2.62 bits per heavy atom. The van der Waals surface area contributed by atoms with Crippen molar-refractivity contribution in [2.24, 2.45) is 4.99 Å². The fourth-order valence-corrected chi connectivity index (χ4v) is 1.95. The Morgan fingerprint density at radius 2 is 1.88 bits per heavy atom. The Balaban J connectivity index is 2.20. The second-order valence-corrected chi connectivity index (χ2v) is 4.82. The van der Waals surface area contributed by atoms with Crippen LogP contribution in [0.2, 0.25) is 0 Å². The molecule has 0 saturated carbocycles. The molecule has 1 nitrogen and oxygen atoms in total. The zero-order valence-corrected chi connectivity index (χ0v) is 11.5. The van der Waals surface area contributed by atoms with E-state index in [1.807, 2.05) is 30.5 Å². The van der Waals surface area contributed by atoms with Gasteiger partial charge in [0.15, 0.2) is 0 Å². The van der Waals surface area contributed by atoms with Crippen LogP contribution in [0.5, 0.6) is 0 Å². The Morgan fingerprint density at radius 1 is 1.12 bits per heavy atom. The van der Waals surface area contributed by atoms with E-state index in [-0.39, 0.29) is 0 Å². The number of unbranched alkanes of at least 4 members (excludes halogenated alkanes) is 5. The molecule has 16 heavy (non-hydrogen) atoms. The minimum absolute atomic E-state index is 1.02. The maximum Gasteiger partial charge on any atom is 0.0767 e. The first-order valence-corrected chi connectivity index (χ1v) is 6.91. The van der Waals surface area contributed by atoms with Crippen LogP contribution in [0.3, 0.4) is 0 Å². The molecule has 0 fully saturated rings. The van der Waals surface area contributed by atoms with E-state index >= 15 is 0 Å². The van der Waals surface area contributed by atoms with Gasteiger partial charge in [-0.15, -0.1) is 0 Å². The van der Waals surface area contributed by atoms with Crippen molar-refractivity contribution in [2.45, 2.75) is 45.4 Å². The van der Waals surface area contributed by atoms with Crippen LogP contribution >= 0.6 is 15.9 Å². The van der Waals surface area contributed by atoms with Crippen LogP contribution in [0.1, 0.15) is 45.4 Å². The summed E-state index contributed by atoms with van der Waals surface area (Å²) in [6.07, 6.45) is 9.74. The Bertz CT molecular complexity index is 320. The van der Waals surface area contributed by atoms with Gasteiger partial charge in [-0.1, -0.05) is 44.7 Å². The Labute approximate surface area is 107 Å². The average Bonchev–Trinajstić information content (AvgIpc) is 2.30. The lowest BCUT2D eigenvalue weighted by molar-refractivity contribution is 0.645. The molecule has 0 heterocycles. The van der Waals surface area contributed by atoms with E-state index in [4.69, 9.17) is 0 Å². The standard InChI is InChI=1S/C14H20BrN/c1-2-3-4-5-6-9-12-16-14-11-8-7-10-13(14)15/h7-8,10-12H,2-6,9H2,1H3. The summed E-state index contributed by atoms with van der Waals surface area (Å²) >= 11 is 3.49. The van der Waals surface area contributed by atoms with Gasteiger partial charge in [0.05, 0.1) is 5.69 Å². The van der Waals surface area contributed by atoms with Crippen LogP contribution in [0.4, 0.5) is 5.69 Å². The first-order valence-electron chi connectivity index (χ1n) is 6.11. The van der Waals surface area contributed by atoms with Gasteiger partial charge in [0.1, 0.15) is 0 Å². The van der Waals surface area contributed by atoms with Crippen molar-refractivity contribution >= 4 is 27.8 Å². The van der Waals surface area contributed by atoms with Crippen molar-refractivity contribution in [3.63, 3.8) is 0 Å². The van der Waals surface area contributed by atoms with Crippen LogP contribution in [0.25, 0.3) is 0 Å². The van der Waals surface area contributed by atoms with Crippen LogP contribution in [0.15, 0.2) is 33.7 Å². The molecule has 0 aromatic heterocycles. The molecule has 0 aliphatic heterocycles. The van der Waals surface area contributed by atoms with Gasteiger partial charge < -0.3 is 0 Å². The van der Waals surface area contributed by atoms with E-state index < -0.39 is 0 Å². The smallest absolute Gasteiger partial charge is 0.0767 e. The Kier molecular flexibility index (Phi) is 7.15. The second-order valence-electron chi connectivity index (χ2n) is 3.97. The number of nitrogens with zero attached hydrogens (tertiary/aromatic N) is 1. The minimum atomic E-state index is 1.02. The molecule has 1 aromatic carbocycles. The quantitative estimate of drug-likeness (QED) is 0.461. The zero-order chi connectivity index (χ0) is 11.6. The maximum absolute atomic E-state index is 4.45. The van der Waals surface area contributed by atoms with Gasteiger partial charge in [0, 0.05) is 10.7 Å². The highest BCUT2D eigenvalue weighted by Crippen LogP contribution is 2.23. The first-order chi connectivity index (χ1) is 7.84. The second kappa shape index (κ2) is 8.51. The fourth-order valence-electron chi connectivity index (χ4n) is 1.56. The van der Waals surface area contributed by atoms with Crippen LogP contribution in [0, 0.1) is 0 Å². The summed E-state index contributed by atoms with van der Waals surface area (Å²) in [6, 6.07) is 8.07. The molecule has 0 atom stereocenters. The number of hydrogen-bond donors (Lipinski definition) is 0. The molecule has 0 spiro atoms. The number of halogens is 1. The number of benzene rings is 1. The molecule has 0 N–H and O–H groups in total. The first kappa shape index (κ1) is 13.4. The van der Waals surface area contributed by atoms with Crippen LogP contribution in [-0.2, 0) is 0 Å². The molecule has 88 valence electrons. The van der Waals surface area contributed by atoms with Crippen molar-refractivity contribution in [2.75, 3.05) is 0 Å². The third kappa shape index (κ3) is 5.45. The molecule has 0 aliphatic carbocycles. The molecule has 2 heteroatoms. The van der Waals surface area contributed by atoms with Gasteiger partial charge in [-0.2, -0.15) is 0 Å². The normalized spacial score (nSPS) is 11.1. The van der Waals surface area contributed by atoms with Crippen LogP contribution < -0.4 is 0 Å². The molecule has 0 unspecified atom stereocenters. The number of hydrogen-bond acceptors (Lipinski definition) is 1. The highest BCUT2D eigenvalue weighted by Gasteiger charge is 1.93. The topological polar surface area (TPSA) is 12.4 Å². The lowest BCUT2D eigenvalue weighted by Crippen LogP contribution is -1.79. The van der Waals surface area contributed by atoms with Gasteiger partial charge in [-0.05, 0) is 40.9 Å². The van der Waals surface area contributed by atoms with E-state index in [1.54, 1.807) is 0 Å². The SMILES string of the molecule is CCCCCCCC=Nc1ccccc1Br. The van der Waals surface area contributed by atoms with Gasteiger partial charge in [-0.25, -0.2) is 0 Å². The van der Waals surface area contributed by atoms with Gasteiger partial charge in [0.25, 0.3) is 0 Å². The van der Waals surface area contributed by atoms with Crippen molar-refractivity contribution in [1.82, 2.24) is 0 Å². The summed E-state index contributed by atoms with van der Waals surface area (Å²) in [5.74, 6) is 0. The predicted molar refractivity (Wildman–Crippen MR) is 75.7 cm³/mol. The van der Waals surface area contributed by atoms with Crippen molar-refractivity contribution in [3.05, 3.63) is 28.7 Å². The van der Waals surface area contributed by atoms with Crippen LogP contribution in [-0.4, -0.2) is 6.21 Å². The predicted octanol–water partition coefficient (Wildman–Crippen LogP) is 5.51. The summed E-state index contributed by atoms with van der Waals surface area (Å²) in [5, 5.41) is 0. The molecule has 1 rings (SSSR count).